The number of quaternary nitrogens is 4. The van der Waals surface area contributed by atoms with Crippen LogP contribution >= 0.6 is 11.3 Å². The minimum atomic E-state index is -0.678. The molecule has 0 aliphatic carbocycles. The van der Waals surface area contributed by atoms with E-state index >= 15 is 0 Å². The number of nitrogens with one attached hydrogen (secondary N) is 2. The zero-order valence-corrected chi connectivity index (χ0v) is 27.3. The van der Waals surface area contributed by atoms with Crippen molar-refractivity contribution >= 4 is 38.5 Å². The molecule has 41 heavy (non-hydrogen) atoms. The highest BCUT2D eigenvalue weighted by atomic mass is 35.5. The van der Waals surface area contributed by atoms with Crippen LogP contribution in [-0.4, -0.2) is 73.1 Å². The van der Waals surface area contributed by atoms with Crippen molar-refractivity contribution in [3.05, 3.63) is 60.2 Å². The lowest BCUT2D eigenvalue weighted by Crippen LogP contribution is -3.00. The van der Waals surface area contributed by atoms with Crippen LogP contribution in [0.5, 0.6) is 0 Å². The van der Waals surface area contributed by atoms with Crippen LogP contribution in [0.1, 0.15) is 24.8 Å². The lowest BCUT2D eigenvalue weighted by Gasteiger charge is -2.32. The summed E-state index contributed by atoms with van der Waals surface area (Å²) in [5, 5.41) is 6.43. The van der Waals surface area contributed by atoms with Crippen LogP contribution in [0.3, 0.4) is 0 Å². The lowest BCUT2D eigenvalue weighted by atomic mass is 10.0. The molecule has 232 valence electrons. The maximum atomic E-state index is 13.3. The van der Waals surface area contributed by atoms with E-state index in [0.717, 1.165) is 59.4 Å². The van der Waals surface area contributed by atoms with E-state index in [-0.39, 0.29) is 61.4 Å². The van der Waals surface area contributed by atoms with Gasteiger partial charge in [-0.1, -0.05) is 53.8 Å². The van der Waals surface area contributed by atoms with Crippen LogP contribution in [0.25, 0.3) is 10.2 Å². The average Bonchev–Trinajstić information content (AvgIpc) is 3.29. The third-order valence-corrected chi connectivity index (χ3v) is 7.69. The molecule has 14 heteroatoms. The smallest absolute Gasteiger partial charge is 0.278 e. The van der Waals surface area contributed by atoms with Crippen LogP contribution in [-0.2, 0) is 16.0 Å². The van der Waals surface area contributed by atoms with Crippen molar-refractivity contribution in [2.75, 3.05) is 45.1 Å². The van der Waals surface area contributed by atoms with Gasteiger partial charge in [-0.15, -0.1) is 0 Å². The van der Waals surface area contributed by atoms with Gasteiger partial charge in [-0.25, -0.2) is 4.98 Å². The van der Waals surface area contributed by atoms with Gasteiger partial charge in [0.25, 0.3) is 5.91 Å². The summed E-state index contributed by atoms with van der Waals surface area (Å²) < 4.78 is 1.91. The van der Waals surface area contributed by atoms with Crippen LogP contribution < -0.4 is 77.5 Å². The molecule has 0 aliphatic rings. The third kappa shape index (κ3) is 13.4. The summed E-state index contributed by atoms with van der Waals surface area (Å²) in [6, 6.07) is 16.6. The van der Waals surface area contributed by atoms with E-state index < -0.39 is 12.1 Å². The number of carbonyl (C=O) groups is 2. The van der Waals surface area contributed by atoms with Crippen molar-refractivity contribution in [2.24, 2.45) is 0 Å². The van der Waals surface area contributed by atoms with E-state index in [1.54, 1.807) is 0 Å². The van der Waals surface area contributed by atoms with Crippen molar-refractivity contribution in [3.8, 4) is 0 Å². The van der Waals surface area contributed by atoms with E-state index in [2.05, 4.69) is 39.9 Å². The standard InChI is InChI=1S/C27H39N7O2S.4ClH/c1-34(18-15-28,19-16-29)17-7-10-21(30)25(35)31-23(14-13-20-8-3-2-4-9-20)26(36)33-27-32-22-11-5-6-12-24(22)37-27;;;;/h2-6,8-9,11-12,21,23H,7,10,13-19,28-30H2,1H3,(H-,31,32,33,35,36);4*1H/t21-,23+;;;;/m0..../s1. The summed E-state index contributed by atoms with van der Waals surface area (Å²) in [6.07, 6.45) is 2.71. The Bertz CT molecular complexity index is 1120. The number of fused-ring (bicyclic) bond motifs is 1. The molecule has 0 unspecified atom stereocenters. The predicted octanol–water partition coefficient (Wildman–Crippen LogP) is -12.3. The van der Waals surface area contributed by atoms with Crippen LogP contribution in [0.4, 0.5) is 5.13 Å². The van der Waals surface area contributed by atoms with E-state index in [9.17, 15) is 9.59 Å². The highest BCUT2D eigenvalue weighted by Gasteiger charge is 2.28. The van der Waals surface area contributed by atoms with Crippen LogP contribution in [0, 0.1) is 0 Å². The number of benzene rings is 2. The van der Waals surface area contributed by atoms with Crippen molar-refractivity contribution in [2.45, 2.75) is 37.8 Å². The molecule has 1 heterocycles. The molecule has 9 nitrogen and oxygen atoms in total. The zero-order chi connectivity index (χ0) is 26.7. The maximum Gasteiger partial charge on any atom is 0.278 e. The van der Waals surface area contributed by atoms with Crippen LogP contribution in [0.2, 0.25) is 0 Å². The number of thiazole rings is 1. The van der Waals surface area contributed by atoms with Gasteiger partial charge in [0.05, 0.1) is 23.8 Å². The average molecular weight is 672 g/mol. The first-order valence-electron chi connectivity index (χ1n) is 13.1. The van der Waals surface area contributed by atoms with Crippen molar-refractivity contribution in [1.29, 1.82) is 0 Å². The Hall–Kier alpha value is -1.73. The van der Waals surface area contributed by atoms with Gasteiger partial charge in [-0.2, -0.15) is 0 Å². The van der Waals surface area contributed by atoms with Gasteiger partial charge in [0.2, 0.25) is 5.91 Å². The number of amides is 2. The summed E-state index contributed by atoms with van der Waals surface area (Å²) in [5.41, 5.74) is 14.1. The number of aryl methyl sites for hydroxylation is 1. The van der Waals surface area contributed by atoms with Gasteiger partial charge in [-0.3, -0.25) is 9.59 Å². The first kappa shape index (κ1) is 41.4. The molecule has 3 aromatic rings. The number of rotatable bonds is 15. The van der Waals surface area contributed by atoms with Crippen molar-refractivity contribution in [3.63, 3.8) is 0 Å². The van der Waals surface area contributed by atoms with E-state index in [0.29, 0.717) is 24.4 Å². The SMILES string of the molecule is C[N+](CC[NH3+])(CC[NH3+])CCC[C@H]([NH3+])C(=O)N[C@H](CCc1ccccc1)C(=O)Nc1nc2ccccc2s1.[Cl-].[Cl-].[Cl-].[Cl-]. The van der Waals surface area contributed by atoms with E-state index in [4.69, 9.17) is 0 Å². The molecule has 0 spiro atoms. The molecule has 1 aromatic heterocycles. The van der Waals surface area contributed by atoms with Gasteiger partial charge in [0, 0.05) is 12.8 Å². The molecular weight excluding hydrogens is 628 g/mol. The Morgan fingerprint density at radius 2 is 1.49 bits per heavy atom. The Balaban J connectivity index is 0. The Kier molecular flexibility index (Phi) is 21.2. The highest BCUT2D eigenvalue weighted by Crippen LogP contribution is 2.25. The Morgan fingerprint density at radius 3 is 2.10 bits per heavy atom. The number of hydrogen-bond donors (Lipinski definition) is 5. The second-order valence-electron chi connectivity index (χ2n) is 9.90. The number of nitrogens with zero attached hydrogens (tertiary/aromatic N) is 2. The molecule has 2 amide bonds. The molecule has 0 radical (unpaired) electrons. The molecule has 0 saturated carbocycles. The summed E-state index contributed by atoms with van der Waals surface area (Å²) >= 11 is 1.43. The minimum absolute atomic E-state index is 0. The number of carbonyl (C=O) groups excluding carboxylic acids is 2. The highest BCUT2D eigenvalue weighted by molar-refractivity contribution is 7.22. The third-order valence-electron chi connectivity index (χ3n) is 6.74. The van der Waals surface area contributed by atoms with Gasteiger partial charge in [0.1, 0.15) is 32.2 Å². The van der Waals surface area contributed by atoms with Crippen molar-refractivity contribution in [1.82, 2.24) is 10.3 Å². The van der Waals surface area contributed by atoms with Crippen molar-refractivity contribution < 1.29 is 80.9 Å². The largest absolute Gasteiger partial charge is 1.00 e. The number of halogens is 4. The molecule has 3 rings (SSSR count). The molecule has 0 aliphatic heterocycles. The lowest BCUT2D eigenvalue weighted by molar-refractivity contribution is -0.918. The van der Waals surface area contributed by atoms with Gasteiger partial charge in [0.15, 0.2) is 11.2 Å². The molecule has 0 fully saturated rings. The zero-order valence-electron chi connectivity index (χ0n) is 23.5. The second kappa shape index (κ2) is 21.0. The Labute approximate surface area is 271 Å². The summed E-state index contributed by atoms with van der Waals surface area (Å²) in [7, 11) is 2.22. The molecule has 0 bridgehead atoms. The minimum Gasteiger partial charge on any atom is -1.00 e. The van der Waals surface area contributed by atoms with E-state index in [1.807, 2.05) is 54.6 Å². The summed E-state index contributed by atoms with van der Waals surface area (Å²) in [4.78, 5) is 30.9. The Morgan fingerprint density at radius 1 is 0.878 bits per heavy atom. The fourth-order valence-corrected chi connectivity index (χ4v) is 5.45. The molecular formula is C27H43Cl4N7O2S. The number of para-hydroxylation sites is 1. The van der Waals surface area contributed by atoms with Gasteiger partial charge >= 0.3 is 0 Å². The molecule has 2 aromatic carbocycles. The predicted molar refractivity (Wildman–Crippen MR) is 147 cm³/mol. The number of anilines is 1. The fourth-order valence-electron chi connectivity index (χ4n) is 4.58. The fraction of sp³-hybridized carbons (Fsp3) is 0.444. The van der Waals surface area contributed by atoms with Gasteiger partial charge in [-0.05, 0) is 30.5 Å². The first-order chi connectivity index (χ1) is 17.8. The normalized spacial score (nSPS) is 12.0. The quantitative estimate of drug-likeness (QED) is 0.102. The topological polar surface area (TPSA) is 154 Å². The monoisotopic (exact) mass is 669 g/mol. The van der Waals surface area contributed by atoms with Gasteiger partial charge < -0.3 is 81.9 Å². The molecule has 2 atom stereocenters. The molecule has 0 saturated heterocycles. The second-order valence-corrected chi connectivity index (χ2v) is 10.9. The number of aromatic nitrogens is 1. The first-order valence-corrected chi connectivity index (χ1v) is 13.9. The van der Waals surface area contributed by atoms with Crippen LogP contribution in [0.15, 0.2) is 54.6 Å². The number of likely N-dealkylation sites (N-methyl/N-ethyl adjacent to an activating group) is 1. The summed E-state index contributed by atoms with van der Waals surface area (Å²) in [6.45, 7) is 4.70. The number of hydrogen-bond acceptors (Lipinski definition) is 4. The van der Waals surface area contributed by atoms with E-state index in [1.165, 1.54) is 11.3 Å². The maximum absolute atomic E-state index is 13.3. The summed E-state index contributed by atoms with van der Waals surface area (Å²) in [5.74, 6) is -0.452. The molecule has 11 N–H and O–H groups in total.